The zero-order valence-corrected chi connectivity index (χ0v) is 14.0. The van der Waals surface area contributed by atoms with E-state index in [2.05, 4.69) is 32.0 Å². The summed E-state index contributed by atoms with van der Waals surface area (Å²) in [5, 5.41) is 0. The minimum absolute atomic E-state index is 0.202. The van der Waals surface area contributed by atoms with Crippen LogP contribution in [-0.4, -0.2) is 43.4 Å². The van der Waals surface area contributed by atoms with E-state index in [4.69, 9.17) is 0 Å². The highest BCUT2D eigenvalue weighted by molar-refractivity contribution is 5.78. The van der Waals surface area contributed by atoms with Gasteiger partial charge in [-0.05, 0) is 56.0 Å². The Balaban J connectivity index is 2.27. The number of nitrogens with zero attached hydrogens (tertiary/aromatic N) is 2. The molecule has 21 heavy (non-hydrogen) atoms. The normalized spacial score (nSPS) is 18.0. The van der Waals surface area contributed by atoms with Gasteiger partial charge in [-0.1, -0.05) is 32.0 Å². The van der Waals surface area contributed by atoms with Gasteiger partial charge in [0.2, 0.25) is 5.91 Å². The molecule has 0 bridgehead atoms. The summed E-state index contributed by atoms with van der Waals surface area (Å²) in [5.41, 5.74) is 4.15. The quantitative estimate of drug-likeness (QED) is 0.849. The average Bonchev–Trinajstić information content (AvgIpc) is 2.44. The predicted octanol–water partition coefficient (Wildman–Crippen LogP) is 3.21. The highest BCUT2D eigenvalue weighted by Crippen LogP contribution is 2.35. The Morgan fingerprint density at radius 2 is 2.00 bits per heavy atom. The van der Waals surface area contributed by atoms with Crippen molar-refractivity contribution in [3.8, 4) is 0 Å². The summed E-state index contributed by atoms with van der Waals surface area (Å²) in [4.78, 5) is 16.2. The molecule has 1 unspecified atom stereocenters. The van der Waals surface area contributed by atoms with Crippen molar-refractivity contribution in [2.75, 3.05) is 27.7 Å². The molecule has 0 radical (unpaired) electrons. The average molecular weight is 288 g/mol. The van der Waals surface area contributed by atoms with E-state index in [1.807, 2.05) is 30.9 Å². The number of amides is 1. The van der Waals surface area contributed by atoms with Crippen LogP contribution < -0.4 is 0 Å². The Hall–Kier alpha value is -1.35. The number of fused-ring (bicyclic) bond motifs is 1. The van der Waals surface area contributed by atoms with E-state index in [1.165, 1.54) is 16.7 Å². The first-order valence-corrected chi connectivity index (χ1v) is 7.93. The van der Waals surface area contributed by atoms with Crippen LogP contribution in [0.3, 0.4) is 0 Å². The second-order valence-electron chi connectivity index (χ2n) is 6.76. The van der Waals surface area contributed by atoms with Gasteiger partial charge in [-0.2, -0.15) is 0 Å². The van der Waals surface area contributed by atoms with Crippen molar-refractivity contribution in [3.05, 3.63) is 34.9 Å². The first-order chi connectivity index (χ1) is 9.90. The molecule has 0 saturated carbocycles. The molecule has 0 saturated heterocycles. The Kier molecular flexibility index (Phi) is 5.04. The number of aryl methyl sites for hydroxylation is 1. The fourth-order valence-corrected chi connectivity index (χ4v) is 3.11. The number of rotatable bonds is 4. The van der Waals surface area contributed by atoms with Gasteiger partial charge in [0, 0.05) is 7.05 Å². The number of carbonyl (C=O) groups is 1. The molecule has 0 fully saturated rings. The molecular formula is C18H28N2O. The van der Waals surface area contributed by atoms with Gasteiger partial charge in [-0.25, -0.2) is 0 Å². The first-order valence-electron chi connectivity index (χ1n) is 7.93. The van der Waals surface area contributed by atoms with Gasteiger partial charge < -0.3 is 9.80 Å². The molecule has 0 spiro atoms. The van der Waals surface area contributed by atoms with Gasteiger partial charge in [0.25, 0.3) is 0 Å². The molecule has 116 valence electrons. The maximum absolute atomic E-state index is 12.4. The molecule has 1 atom stereocenters. The van der Waals surface area contributed by atoms with Crippen LogP contribution in [-0.2, 0) is 11.2 Å². The summed E-state index contributed by atoms with van der Waals surface area (Å²) in [7, 11) is 5.84. The molecule has 1 aromatic rings. The van der Waals surface area contributed by atoms with E-state index < -0.39 is 0 Å². The number of benzene rings is 1. The van der Waals surface area contributed by atoms with Gasteiger partial charge in [-0.3, -0.25) is 4.79 Å². The largest absolute Gasteiger partial charge is 0.338 e. The monoisotopic (exact) mass is 288 g/mol. The highest BCUT2D eigenvalue weighted by atomic mass is 16.2. The summed E-state index contributed by atoms with van der Waals surface area (Å²) in [6.07, 6.45) is 3.38. The molecule has 1 aliphatic rings. The van der Waals surface area contributed by atoms with Crippen LogP contribution in [0.2, 0.25) is 0 Å². The van der Waals surface area contributed by atoms with Crippen LogP contribution in [0.25, 0.3) is 0 Å². The maximum Gasteiger partial charge on any atom is 0.236 e. The number of hydrogen-bond acceptors (Lipinski definition) is 2. The van der Waals surface area contributed by atoms with Crippen molar-refractivity contribution >= 4 is 5.91 Å². The lowest BCUT2D eigenvalue weighted by atomic mass is 9.84. The standard InChI is InChI=1S/C18H28N2O/c1-13(2)15-10-9-14-7-6-8-17(16(14)11-15)20(5)18(21)12-19(3)4/h9-11,13,17H,6-8,12H2,1-5H3. The third-order valence-electron chi connectivity index (χ3n) is 4.43. The molecule has 0 heterocycles. The van der Waals surface area contributed by atoms with Crippen molar-refractivity contribution < 1.29 is 4.79 Å². The van der Waals surface area contributed by atoms with Gasteiger partial charge >= 0.3 is 0 Å². The summed E-state index contributed by atoms with van der Waals surface area (Å²) in [6, 6.07) is 7.07. The Labute approximate surface area is 128 Å². The molecule has 3 nitrogen and oxygen atoms in total. The van der Waals surface area contributed by atoms with E-state index in [0.717, 1.165) is 19.3 Å². The predicted molar refractivity (Wildman–Crippen MR) is 87.5 cm³/mol. The lowest BCUT2D eigenvalue weighted by Gasteiger charge is -2.34. The second kappa shape index (κ2) is 6.61. The molecule has 3 heteroatoms. The van der Waals surface area contributed by atoms with Gasteiger partial charge in [0.1, 0.15) is 0 Å². The summed E-state index contributed by atoms with van der Waals surface area (Å²) in [5.74, 6) is 0.730. The van der Waals surface area contributed by atoms with Gasteiger partial charge in [0.05, 0.1) is 12.6 Å². The Bertz CT molecular complexity index is 508. The molecule has 0 N–H and O–H groups in total. The zero-order chi connectivity index (χ0) is 15.6. The van der Waals surface area contributed by atoms with E-state index in [9.17, 15) is 4.79 Å². The van der Waals surface area contributed by atoms with E-state index in [-0.39, 0.29) is 11.9 Å². The van der Waals surface area contributed by atoms with E-state index >= 15 is 0 Å². The number of hydrogen-bond donors (Lipinski definition) is 0. The van der Waals surface area contributed by atoms with Gasteiger partial charge in [0.15, 0.2) is 0 Å². The molecule has 0 aromatic heterocycles. The lowest BCUT2D eigenvalue weighted by Crippen LogP contribution is -2.38. The van der Waals surface area contributed by atoms with Crippen molar-refractivity contribution in [2.24, 2.45) is 0 Å². The van der Waals surface area contributed by atoms with Crippen molar-refractivity contribution in [1.82, 2.24) is 9.80 Å². The number of carbonyl (C=O) groups excluding carboxylic acids is 1. The summed E-state index contributed by atoms with van der Waals surface area (Å²) < 4.78 is 0. The maximum atomic E-state index is 12.4. The first kappa shape index (κ1) is 16.0. The third kappa shape index (κ3) is 3.65. The zero-order valence-electron chi connectivity index (χ0n) is 14.0. The van der Waals surface area contributed by atoms with Crippen molar-refractivity contribution in [1.29, 1.82) is 0 Å². The lowest BCUT2D eigenvalue weighted by molar-refractivity contribution is -0.133. The minimum atomic E-state index is 0.202. The van der Waals surface area contributed by atoms with Crippen LogP contribution >= 0.6 is 0 Å². The third-order valence-corrected chi connectivity index (χ3v) is 4.43. The molecule has 1 aliphatic carbocycles. The summed E-state index contributed by atoms with van der Waals surface area (Å²) in [6.45, 7) is 4.92. The van der Waals surface area contributed by atoms with E-state index in [1.54, 1.807) is 0 Å². The Morgan fingerprint density at radius 1 is 1.29 bits per heavy atom. The molecule has 2 rings (SSSR count). The summed E-state index contributed by atoms with van der Waals surface area (Å²) >= 11 is 0. The fraction of sp³-hybridized carbons (Fsp3) is 0.611. The molecular weight excluding hydrogens is 260 g/mol. The SMILES string of the molecule is CC(C)c1ccc2c(c1)C(N(C)C(=O)CN(C)C)CCC2. The molecule has 1 aromatic carbocycles. The second-order valence-corrected chi connectivity index (χ2v) is 6.76. The van der Waals surface area contributed by atoms with Crippen LogP contribution in [0.5, 0.6) is 0 Å². The van der Waals surface area contributed by atoms with Crippen LogP contribution in [0.4, 0.5) is 0 Å². The molecule has 0 aliphatic heterocycles. The Morgan fingerprint density at radius 3 is 2.62 bits per heavy atom. The number of likely N-dealkylation sites (N-methyl/N-ethyl adjacent to an activating group) is 2. The smallest absolute Gasteiger partial charge is 0.236 e. The van der Waals surface area contributed by atoms with Gasteiger partial charge in [-0.15, -0.1) is 0 Å². The van der Waals surface area contributed by atoms with E-state index in [0.29, 0.717) is 12.5 Å². The van der Waals surface area contributed by atoms with Crippen molar-refractivity contribution in [3.63, 3.8) is 0 Å². The van der Waals surface area contributed by atoms with Crippen LogP contribution in [0.1, 0.15) is 55.3 Å². The van der Waals surface area contributed by atoms with Crippen LogP contribution in [0.15, 0.2) is 18.2 Å². The van der Waals surface area contributed by atoms with Crippen molar-refractivity contribution in [2.45, 2.75) is 45.1 Å². The highest BCUT2D eigenvalue weighted by Gasteiger charge is 2.27. The van der Waals surface area contributed by atoms with Crippen LogP contribution in [0, 0.1) is 0 Å². The fourth-order valence-electron chi connectivity index (χ4n) is 3.11. The minimum Gasteiger partial charge on any atom is -0.338 e. The topological polar surface area (TPSA) is 23.6 Å². The molecule has 1 amide bonds.